The van der Waals surface area contributed by atoms with Crippen LogP contribution >= 0.6 is 23.3 Å². The van der Waals surface area contributed by atoms with Crippen molar-refractivity contribution in [2.45, 2.75) is 0 Å². The molecule has 0 aliphatic rings. The molecule has 1 aromatic carbocycles. The first kappa shape index (κ1) is 13.4. The highest BCUT2D eigenvalue weighted by Crippen LogP contribution is 2.37. The lowest BCUT2D eigenvalue weighted by Gasteiger charge is -2.11. The van der Waals surface area contributed by atoms with Crippen LogP contribution in [0.15, 0.2) is 22.7 Å². The summed E-state index contributed by atoms with van der Waals surface area (Å²) in [7, 11) is -2.56. The van der Waals surface area contributed by atoms with Crippen molar-refractivity contribution in [1.82, 2.24) is 0 Å². The lowest BCUT2D eigenvalue weighted by molar-refractivity contribution is 0.109. The SMILES string of the molecule is CP(C)(=O)OCOc1ccc(Br)cc1C=O. The van der Waals surface area contributed by atoms with Gasteiger partial charge in [0, 0.05) is 17.8 Å². The Kier molecular flexibility index (Phi) is 4.71. The maximum atomic E-state index is 11.2. The smallest absolute Gasteiger partial charge is 0.200 e. The Balaban J connectivity index is 2.67. The second-order valence-corrected chi connectivity index (χ2v) is 7.12. The van der Waals surface area contributed by atoms with Crippen LogP contribution in [-0.4, -0.2) is 26.4 Å². The van der Waals surface area contributed by atoms with E-state index in [0.717, 1.165) is 4.47 Å². The van der Waals surface area contributed by atoms with Crippen molar-refractivity contribution < 1.29 is 18.6 Å². The Morgan fingerprint density at radius 3 is 2.69 bits per heavy atom. The molecule has 0 N–H and O–H groups in total. The van der Waals surface area contributed by atoms with E-state index in [9.17, 15) is 9.36 Å². The molecule has 0 aliphatic carbocycles. The van der Waals surface area contributed by atoms with Crippen LogP contribution in [-0.2, 0) is 9.09 Å². The van der Waals surface area contributed by atoms with E-state index in [2.05, 4.69) is 15.9 Å². The average Bonchev–Trinajstić information content (AvgIpc) is 2.18. The number of rotatable bonds is 5. The minimum atomic E-state index is -2.56. The van der Waals surface area contributed by atoms with Crippen LogP contribution in [0.1, 0.15) is 10.4 Å². The van der Waals surface area contributed by atoms with E-state index in [-0.39, 0.29) is 6.79 Å². The van der Waals surface area contributed by atoms with E-state index >= 15 is 0 Å². The molecule has 0 radical (unpaired) electrons. The molecule has 0 saturated carbocycles. The maximum absolute atomic E-state index is 11.2. The number of halogens is 1. The van der Waals surface area contributed by atoms with Gasteiger partial charge in [0.25, 0.3) is 0 Å². The second-order valence-electron chi connectivity index (χ2n) is 3.44. The zero-order chi connectivity index (χ0) is 12.2. The van der Waals surface area contributed by atoms with E-state index in [1.807, 2.05) is 0 Å². The average molecular weight is 307 g/mol. The molecule has 0 atom stereocenters. The van der Waals surface area contributed by atoms with Crippen LogP contribution in [0.5, 0.6) is 5.75 Å². The van der Waals surface area contributed by atoms with Gasteiger partial charge >= 0.3 is 0 Å². The Morgan fingerprint density at radius 1 is 1.44 bits per heavy atom. The van der Waals surface area contributed by atoms with E-state index in [1.165, 1.54) is 13.3 Å². The molecule has 0 aromatic heterocycles. The molecular formula is C10H12BrO4P. The van der Waals surface area contributed by atoms with Gasteiger partial charge in [0.2, 0.25) is 0 Å². The first-order chi connectivity index (χ1) is 7.42. The molecular weight excluding hydrogens is 295 g/mol. The van der Waals surface area contributed by atoms with Crippen LogP contribution in [0.3, 0.4) is 0 Å². The second kappa shape index (κ2) is 5.62. The number of carbonyl (C=O) groups excluding carboxylic acids is 1. The van der Waals surface area contributed by atoms with Crippen molar-refractivity contribution in [2.75, 3.05) is 20.1 Å². The van der Waals surface area contributed by atoms with Gasteiger partial charge in [-0.25, -0.2) is 0 Å². The van der Waals surface area contributed by atoms with E-state index in [0.29, 0.717) is 17.6 Å². The molecule has 6 heteroatoms. The normalized spacial score (nSPS) is 11.2. The molecule has 0 heterocycles. The summed E-state index contributed by atoms with van der Waals surface area (Å²) in [6.07, 6.45) is 0.692. The molecule has 16 heavy (non-hydrogen) atoms. The standard InChI is InChI=1S/C10H12BrO4P/c1-16(2,13)15-7-14-10-4-3-9(11)5-8(10)6-12/h3-6H,7H2,1-2H3. The third-order valence-electron chi connectivity index (χ3n) is 1.68. The largest absolute Gasteiger partial charge is 0.466 e. The van der Waals surface area contributed by atoms with Gasteiger partial charge in [-0.2, -0.15) is 0 Å². The minimum Gasteiger partial charge on any atom is -0.466 e. The van der Waals surface area contributed by atoms with Gasteiger partial charge in [-0.3, -0.25) is 13.9 Å². The lowest BCUT2D eigenvalue weighted by Crippen LogP contribution is -2.02. The van der Waals surface area contributed by atoms with Gasteiger partial charge in [-0.1, -0.05) is 15.9 Å². The number of hydrogen-bond donors (Lipinski definition) is 0. The fourth-order valence-electron chi connectivity index (χ4n) is 0.960. The third-order valence-corrected chi connectivity index (χ3v) is 2.90. The van der Waals surface area contributed by atoms with Crippen LogP contribution in [0.25, 0.3) is 0 Å². The highest BCUT2D eigenvalue weighted by molar-refractivity contribution is 9.10. The molecule has 1 rings (SSSR count). The summed E-state index contributed by atoms with van der Waals surface area (Å²) in [5.74, 6) is 0.409. The van der Waals surface area contributed by atoms with Crippen LogP contribution < -0.4 is 4.74 Å². The first-order valence-electron chi connectivity index (χ1n) is 4.49. The van der Waals surface area contributed by atoms with E-state index < -0.39 is 7.37 Å². The number of aldehydes is 1. The predicted octanol–water partition coefficient (Wildman–Crippen LogP) is 3.15. The summed E-state index contributed by atoms with van der Waals surface area (Å²) in [5.41, 5.74) is 0.417. The molecule has 1 aromatic rings. The maximum Gasteiger partial charge on any atom is 0.200 e. The highest BCUT2D eigenvalue weighted by atomic mass is 79.9. The molecule has 4 nitrogen and oxygen atoms in total. The van der Waals surface area contributed by atoms with Gasteiger partial charge in [0.1, 0.15) is 5.75 Å². The van der Waals surface area contributed by atoms with Crippen molar-refractivity contribution in [1.29, 1.82) is 0 Å². The molecule has 0 amide bonds. The van der Waals surface area contributed by atoms with Crippen molar-refractivity contribution in [3.8, 4) is 5.75 Å². The first-order valence-corrected chi connectivity index (χ1v) is 7.80. The Morgan fingerprint density at radius 2 is 2.12 bits per heavy atom. The monoisotopic (exact) mass is 306 g/mol. The van der Waals surface area contributed by atoms with E-state index in [1.54, 1.807) is 18.2 Å². The lowest BCUT2D eigenvalue weighted by atomic mass is 10.2. The Hall–Kier alpha value is -0.640. The summed E-state index contributed by atoms with van der Waals surface area (Å²) >= 11 is 3.25. The summed E-state index contributed by atoms with van der Waals surface area (Å²) in [4.78, 5) is 10.7. The van der Waals surface area contributed by atoms with Gasteiger partial charge in [-0.05, 0) is 18.2 Å². The van der Waals surface area contributed by atoms with Crippen LogP contribution in [0, 0.1) is 0 Å². The molecule has 88 valence electrons. The quantitative estimate of drug-likeness (QED) is 0.476. The predicted molar refractivity (Wildman–Crippen MR) is 65.6 cm³/mol. The molecule has 0 aliphatic heterocycles. The van der Waals surface area contributed by atoms with Gasteiger partial charge in [0.15, 0.2) is 20.4 Å². The van der Waals surface area contributed by atoms with Gasteiger partial charge < -0.3 is 4.74 Å². The van der Waals surface area contributed by atoms with Crippen molar-refractivity contribution in [3.63, 3.8) is 0 Å². The van der Waals surface area contributed by atoms with Crippen molar-refractivity contribution in [3.05, 3.63) is 28.2 Å². The summed E-state index contributed by atoms with van der Waals surface area (Å²) < 4.78 is 22.2. The van der Waals surface area contributed by atoms with Gasteiger partial charge in [-0.15, -0.1) is 0 Å². The van der Waals surface area contributed by atoms with Crippen LogP contribution in [0.2, 0.25) is 0 Å². The molecule has 0 fully saturated rings. The van der Waals surface area contributed by atoms with Crippen molar-refractivity contribution in [2.24, 2.45) is 0 Å². The fourth-order valence-corrected chi connectivity index (χ4v) is 1.64. The van der Waals surface area contributed by atoms with Crippen LogP contribution in [0.4, 0.5) is 0 Å². The Labute approximate surface area is 103 Å². The summed E-state index contributed by atoms with van der Waals surface area (Å²) in [5, 5.41) is 0. The molecule has 0 bridgehead atoms. The molecule has 0 spiro atoms. The number of ether oxygens (including phenoxy) is 1. The fraction of sp³-hybridized carbons (Fsp3) is 0.300. The zero-order valence-corrected chi connectivity index (χ0v) is 11.5. The number of hydrogen-bond acceptors (Lipinski definition) is 4. The third kappa shape index (κ3) is 4.47. The molecule has 0 unspecified atom stereocenters. The van der Waals surface area contributed by atoms with Gasteiger partial charge in [0.05, 0.1) is 5.56 Å². The zero-order valence-electron chi connectivity index (χ0n) is 8.97. The minimum absolute atomic E-state index is 0.132. The summed E-state index contributed by atoms with van der Waals surface area (Å²) in [6, 6.07) is 5.03. The summed E-state index contributed by atoms with van der Waals surface area (Å²) in [6.45, 7) is 2.86. The Bertz CT molecular complexity index is 427. The molecule has 0 saturated heterocycles. The van der Waals surface area contributed by atoms with Crippen molar-refractivity contribution >= 4 is 29.6 Å². The van der Waals surface area contributed by atoms with E-state index in [4.69, 9.17) is 9.26 Å². The highest BCUT2D eigenvalue weighted by Gasteiger charge is 2.08. The number of carbonyl (C=O) groups is 1. The topological polar surface area (TPSA) is 52.6 Å². The number of benzene rings is 1.